The average molecular weight is 1370 g/mol. The maximum atomic E-state index is 13.1. The van der Waals surface area contributed by atoms with Crippen LogP contribution in [0, 0.1) is 23.7 Å². The molecule has 3 N–H and O–H groups in total. The Bertz CT molecular complexity index is 1840. The van der Waals surface area contributed by atoms with Gasteiger partial charge >= 0.3 is 39.5 Å². The molecule has 0 rings (SSSR count). The predicted molar refractivity (Wildman–Crippen MR) is 377 cm³/mol. The summed E-state index contributed by atoms with van der Waals surface area (Å²) in [6.07, 6.45) is 47.2. The molecule has 17 nitrogen and oxygen atoms in total. The number of aliphatic hydroxyl groups excluding tert-OH is 1. The minimum atomic E-state index is -4.96. The van der Waals surface area contributed by atoms with Gasteiger partial charge in [-0.15, -0.1) is 0 Å². The number of hydrogen-bond acceptors (Lipinski definition) is 15. The van der Waals surface area contributed by atoms with E-state index >= 15 is 0 Å². The van der Waals surface area contributed by atoms with Crippen LogP contribution in [0.2, 0.25) is 0 Å². The molecule has 19 heteroatoms. The van der Waals surface area contributed by atoms with Crippen LogP contribution >= 0.6 is 15.6 Å². The molecular weight excluding hydrogens is 1220 g/mol. The second-order valence-electron chi connectivity index (χ2n) is 28.4. The molecule has 0 saturated carbocycles. The maximum Gasteiger partial charge on any atom is 0.472 e. The summed E-state index contributed by atoms with van der Waals surface area (Å²) in [7, 11) is -9.91. The second-order valence-corrected chi connectivity index (χ2v) is 31.3. The number of esters is 4. The third-order valence-electron chi connectivity index (χ3n) is 17.4. The predicted octanol–water partition coefficient (Wildman–Crippen LogP) is 21.3. The van der Waals surface area contributed by atoms with E-state index in [4.69, 9.17) is 37.0 Å². The van der Waals surface area contributed by atoms with Crippen molar-refractivity contribution in [3.05, 3.63) is 0 Å². The van der Waals surface area contributed by atoms with Crippen molar-refractivity contribution < 1.29 is 80.2 Å². The van der Waals surface area contributed by atoms with Gasteiger partial charge in [0.25, 0.3) is 0 Å². The van der Waals surface area contributed by atoms with Gasteiger partial charge in [0.2, 0.25) is 0 Å². The Morgan fingerprint density at radius 1 is 0.301 bits per heavy atom. The van der Waals surface area contributed by atoms with Crippen LogP contribution in [-0.2, 0) is 65.4 Å². The van der Waals surface area contributed by atoms with E-state index < -0.39 is 97.5 Å². The highest BCUT2D eigenvalue weighted by Crippen LogP contribution is 2.45. The van der Waals surface area contributed by atoms with Gasteiger partial charge in [0, 0.05) is 25.7 Å². The van der Waals surface area contributed by atoms with Crippen molar-refractivity contribution in [1.29, 1.82) is 0 Å². The fourth-order valence-electron chi connectivity index (χ4n) is 11.2. The van der Waals surface area contributed by atoms with E-state index in [0.29, 0.717) is 31.6 Å². The molecule has 0 aromatic carbocycles. The van der Waals surface area contributed by atoms with Gasteiger partial charge in [-0.3, -0.25) is 37.3 Å². The first-order valence-corrected chi connectivity index (χ1v) is 41.2. The Hall–Kier alpha value is -1.94. The molecular formula is C74H144O17P2. The van der Waals surface area contributed by atoms with Crippen LogP contribution < -0.4 is 0 Å². The van der Waals surface area contributed by atoms with Crippen LogP contribution in [0.15, 0.2) is 0 Å². The third kappa shape index (κ3) is 67.0. The Morgan fingerprint density at radius 2 is 0.516 bits per heavy atom. The van der Waals surface area contributed by atoms with E-state index in [1.54, 1.807) is 0 Å². The lowest BCUT2D eigenvalue weighted by atomic mass is 9.99. The lowest BCUT2D eigenvalue weighted by Crippen LogP contribution is -2.30. The molecule has 0 radical (unpaired) electrons. The SMILES string of the molecule is CCC(C)CCCCCCCCCCC(=O)O[C@H](COC(=O)CCCCCCCCCC(C)C)COP(=O)(O)OCC(O)COP(=O)(O)OC[C@@H](COC(=O)CCCCCCCCCCCCC(C)C)OC(=O)CCCCCCCCCCCCCCCCCC(C)C. The van der Waals surface area contributed by atoms with E-state index in [-0.39, 0.29) is 25.7 Å². The standard InChI is InChI=1S/C74H144O17P2/c1-9-67(8)53-45-37-29-23-24-32-41-49-57-74(79)91-70(61-85-72(77)55-47-39-33-25-28-36-44-52-66(6)7)63-89-93(82,83)87-59-68(75)58-86-92(80,81)88-62-69(60-84-71(76)54-46-38-30-21-18-17-20-27-35-43-51-65(4)5)90-73(78)56-48-40-31-22-16-14-12-10-11-13-15-19-26-34-42-50-64(2)3/h64-70,75H,9-63H2,1-8H3,(H,80,81)(H,82,83)/t67?,68?,69-,70-/m1/s1. The molecule has 0 saturated heterocycles. The third-order valence-corrected chi connectivity index (χ3v) is 19.3. The highest BCUT2D eigenvalue weighted by Gasteiger charge is 2.30. The summed E-state index contributed by atoms with van der Waals surface area (Å²) in [4.78, 5) is 72.7. The molecule has 0 aromatic heterocycles. The number of hydrogen-bond donors (Lipinski definition) is 3. The average Bonchev–Trinajstić information content (AvgIpc) is 2.07. The number of aliphatic hydroxyl groups is 1. The molecule has 4 unspecified atom stereocenters. The molecule has 0 aromatic rings. The summed E-state index contributed by atoms with van der Waals surface area (Å²) >= 11 is 0. The molecule has 0 aliphatic heterocycles. The number of rotatable bonds is 71. The Morgan fingerprint density at radius 3 is 0.763 bits per heavy atom. The molecule has 0 heterocycles. The van der Waals surface area contributed by atoms with E-state index in [1.165, 1.54) is 167 Å². The number of phosphoric ester groups is 2. The lowest BCUT2D eigenvalue weighted by Gasteiger charge is -2.21. The quantitative estimate of drug-likeness (QED) is 0.0222. The number of phosphoric acid groups is 2. The molecule has 0 fully saturated rings. The number of carbonyl (C=O) groups excluding carboxylic acids is 4. The summed E-state index contributed by atoms with van der Waals surface area (Å²) in [5.41, 5.74) is 0. The van der Waals surface area contributed by atoms with Crippen molar-refractivity contribution in [2.45, 2.75) is 388 Å². The number of ether oxygens (including phenoxy) is 4. The fourth-order valence-corrected chi connectivity index (χ4v) is 12.7. The normalized spacial score (nSPS) is 14.5. The second kappa shape index (κ2) is 63.5. The van der Waals surface area contributed by atoms with E-state index in [2.05, 4.69) is 55.4 Å². The molecule has 0 aliphatic rings. The minimum absolute atomic E-state index is 0.104. The molecule has 552 valence electrons. The zero-order chi connectivity index (χ0) is 68.9. The van der Waals surface area contributed by atoms with Crippen LogP contribution in [0.4, 0.5) is 0 Å². The Labute approximate surface area is 568 Å². The van der Waals surface area contributed by atoms with Crippen LogP contribution in [0.5, 0.6) is 0 Å². The van der Waals surface area contributed by atoms with Gasteiger partial charge in [0.05, 0.1) is 26.4 Å². The first-order valence-electron chi connectivity index (χ1n) is 38.2. The summed E-state index contributed by atoms with van der Waals surface area (Å²) < 4.78 is 68.4. The van der Waals surface area contributed by atoms with Crippen LogP contribution in [0.3, 0.4) is 0 Å². The fraction of sp³-hybridized carbons (Fsp3) is 0.946. The van der Waals surface area contributed by atoms with E-state index in [1.807, 2.05) is 0 Å². The van der Waals surface area contributed by atoms with Gasteiger partial charge in [0.1, 0.15) is 19.3 Å². The van der Waals surface area contributed by atoms with Crippen LogP contribution in [0.1, 0.15) is 370 Å². The van der Waals surface area contributed by atoms with Gasteiger partial charge in [0.15, 0.2) is 12.2 Å². The largest absolute Gasteiger partial charge is 0.472 e. The molecule has 0 amide bonds. The van der Waals surface area contributed by atoms with Gasteiger partial charge < -0.3 is 33.8 Å². The first kappa shape index (κ1) is 91.1. The number of carbonyl (C=O) groups is 4. The van der Waals surface area contributed by atoms with Crippen molar-refractivity contribution in [2.24, 2.45) is 23.7 Å². The van der Waals surface area contributed by atoms with E-state index in [0.717, 1.165) is 114 Å². The Kier molecular flexibility index (Phi) is 62.2. The molecule has 93 heavy (non-hydrogen) atoms. The smallest absolute Gasteiger partial charge is 0.462 e. The first-order chi connectivity index (χ1) is 44.6. The topological polar surface area (TPSA) is 237 Å². The molecule has 0 bridgehead atoms. The minimum Gasteiger partial charge on any atom is -0.462 e. The highest BCUT2D eigenvalue weighted by atomic mass is 31.2. The Balaban J connectivity index is 5.25. The van der Waals surface area contributed by atoms with Gasteiger partial charge in [-0.25, -0.2) is 9.13 Å². The van der Waals surface area contributed by atoms with Crippen molar-refractivity contribution in [3.63, 3.8) is 0 Å². The maximum absolute atomic E-state index is 13.1. The molecule has 0 spiro atoms. The summed E-state index contributed by atoms with van der Waals surface area (Å²) in [5, 5.41) is 10.6. The lowest BCUT2D eigenvalue weighted by molar-refractivity contribution is -0.161. The van der Waals surface area contributed by atoms with Crippen molar-refractivity contribution in [3.8, 4) is 0 Å². The highest BCUT2D eigenvalue weighted by molar-refractivity contribution is 7.47. The monoisotopic (exact) mass is 1370 g/mol. The van der Waals surface area contributed by atoms with Gasteiger partial charge in [-0.05, 0) is 49.4 Å². The van der Waals surface area contributed by atoms with Crippen molar-refractivity contribution in [2.75, 3.05) is 39.6 Å². The molecule has 0 aliphatic carbocycles. The van der Waals surface area contributed by atoms with Gasteiger partial charge in [-0.1, -0.05) is 319 Å². The summed E-state index contributed by atoms with van der Waals surface area (Å²) in [5.74, 6) is 0.910. The van der Waals surface area contributed by atoms with Crippen molar-refractivity contribution >= 4 is 39.5 Å². The van der Waals surface area contributed by atoms with Crippen LogP contribution in [-0.4, -0.2) is 96.7 Å². The summed E-state index contributed by atoms with van der Waals surface area (Å²) in [6.45, 7) is 14.1. The van der Waals surface area contributed by atoms with Crippen molar-refractivity contribution in [1.82, 2.24) is 0 Å². The van der Waals surface area contributed by atoms with Crippen LogP contribution in [0.25, 0.3) is 0 Å². The molecule has 6 atom stereocenters. The number of unbranched alkanes of at least 4 members (excludes halogenated alkanes) is 36. The van der Waals surface area contributed by atoms with E-state index in [9.17, 15) is 43.2 Å². The summed E-state index contributed by atoms with van der Waals surface area (Å²) in [6, 6.07) is 0. The van der Waals surface area contributed by atoms with Gasteiger partial charge in [-0.2, -0.15) is 0 Å². The zero-order valence-corrected chi connectivity index (χ0v) is 62.7. The zero-order valence-electron chi connectivity index (χ0n) is 60.9.